The third-order valence-corrected chi connectivity index (χ3v) is 5.97. The Balaban J connectivity index is 2.26. The maximum Gasteiger partial charge on any atom is 0.0592 e. The van der Waals surface area contributed by atoms with Gasteiger partial charge in [-0.25, -0.2) is 0 Å². The fraction of sp³-hybridized carbons (Fsp3) is 0.538. The molecule has 0 heterocycles. The van der Waals surface area contributed by atoms with Crippen molar-refractivity contribution in [3.63, 3.8) is 0 Å². The average molecular weight is 306 g/mol. The molecular weight excluding hydrogens is 289 g/mol. The molecule has 3 unspecified atom stereocenters. The molecule has 100 valence electrons. The van der Waals surface area contributed by atoms with E-state index in [1.165, 1.54) is 6.42 Å². The molecule has 0 radical (unpaired) electrons. The zero-order chi connectivity index (χ0) is 13.1. The highest BCUT2D eigenvalue weighted by Gasteiger charge is 2.28. The van der Waals surface area contributed by atoms with Gasteiger partial charge in [-0.2, -0.15) is 0 Å². The maximum atomic E-state index is 12.6. The second-order valence-electron chi connectivity index (χ2n) is 4.71. The molecule has 1 aliphatic rings. The number of nitrogens with two attached hydrogens (primary N) is 1. The number of rotatable bonds is 2. The van der Waals surface area contributed by atoms with Crippen molar-refractivity contribution in [3.8, 4) is 0 Å². The van der Waals surface area contributed by atoms with Gasteiger partial charge in [0.05, 0.1) is 26.0 Å². The molecule has 1 fully saturated rings. The van der Waals surface area contributed by atoms with Crippen molar-refractivity contribution in [2.24, 2.45) is 5.73 Å². The summed E-state index contributed by atoms with van der Waals surface area (Å²) in [6, 6.07) is 5.08. The maximum absolute atomic E-state index is 12.6. The molecule has 0 amide bonds. The molecule has 1 aliphatic carbocycles. The van der Waals surface area contributed by atoms with Gasteiger partial charge in [-0.1, -0.05) is 42.5 Å². The predicted octanol–water partition coefficient (Wildman–Crippen LogP) is 3.76. The number of benzene rings is 1. The standard InChI is InChI=1S/C13H17Cl2NOS/c14-9-6-7-10(15)13(8-9)18(17)12-5-3-1-2-4-11(12)16/h6-8,11-12H,1-5,16H2. The largest absolute Gasteiger partial charge is 0.327 e. The summed E-state index contributed by atoms with van der Waals surface area (Å²) < 4.78 is 12.6. The molecule has 1 aromatic rings. The van der Waals surface area contributed by atoms with E-state index in [4.69, 9.17) is 28.9 Å². The van der Waals surface area contributed by atoms with Gasteiger partial charge in [-0.15, -0.1) is 0 Å². The summed E-state index contributed by atoms with van der Waals surface area (Å²) in [6.07, 6.45) is 5.22. The Morgan fingerprint density at radius 1 is 1.17 bits per heavy atom. The molecular formula is C13H17Cl2NOS. The first-order valence-corrected chi connectivity index (χ1v) is 8.17. The Kier molecular flexibility index (Phi) is 5.07. The highest BCUT2D eigenvalue weighted by atomic mass is 35.5. The van der Waals surface area contributed by atoms with Gasteiger partial charge >= 0.3 is 0 Å². The molecule has 1 saturated carbocycles. The second kappa shape index (κ2) is 6.38. The Bertz CT molecular complexity index is 453. The number of hydrogen-bond acceptors (Lipinski definition) is 2. The molecule has 1 aromatic carbocycles. The van der Waals surface area contributed by atoms with Crippen molar-refractivity contribution < 1.29 is 4.21 Å². The lowest BCUT2D eigenvalue weighted by molar-refractivity contribution is 0.575. The van der Waals surface area contributed by atoms with Crippen molar-refractivity contribution in [1.82, 2.24) is 0 Å². The minimum Gasteiger partial charge on any atom is -0.327 e. The first-order chi connectivity index (χ1) is 8.59. The molecule has 0 spiro atoms. The van der Waals surface area contributed by atoms with Gasteiger partial charge in [0.2, 0.25) is 0 Å². The van der Waals surface area contributed by atoms with Crippen LogP contribution in [0.1, 0.15) is 32.1 Å². The quantitative estimate of drug-likeness (QED) is 0.845. The van der Waals surface area contributed by atoms with E-state index >= 15 is 0 Å². The average Bonchev–Trinajstić information content (AvgIpc) is 2.56. The van der Waals surface area contributed by atoms with E-state index in [0.29, 0.717) is 14.9 Å². The Labute approximate surface area is 120 Å². The fourth-order valence-electron chi connectivity index (χ4n) is 2.36. The molecule has 0 bridgehead atoms. The van der Waals surface area contributed by atoms with Crippen LogP contribution in [-0.2, 0) is 10.8 Å². The lowest BCUT2D eigenvalue weighted by atomic mass is 10.1. The Morgan fingerprint density at radius 2 is 1.89 bits per heavy atom. The summed E-state index contributed by atoms with van der Waals surface area (Å²) >= 11 is 12.1. The zero-order valence-electron chi connectivity index (χ0n) is 10.1. The monoisotopic (exact) mass is 305 g/mol. The van der Waals surface area contributed by atoms with Crippen LogP contribution in [0, 0.1) is 0 Å². The molecule has 2 nitrogen and oxygen atoms in total. The third-order valence-electron chi connectivity index (χ3n) is 3.39. The summed E-state index contributed by atoms with van der Waals surface area (Å²) in [5.41, 5.74) is 6.14. The van der Waals surface area contributed by atoms with Gasteiger partial charge in [-0.3, -0.25) is 4.21 Å². The van der Waals surface area contributed by atoms with Gasteiger partial charge in [-0.05, 0) is 31.0 Å². The highest BCUT2D eigenvalue weighted by Crippen LogP contribution is 2.30. The van der Waals surface area contributed by atoms with Crippen LogP contribution in [0.2, 0.25) is 10.0 Å². The van der Waals surface area contributed by atoms with E-state index in [0.717, 1.165) is 25.7 Å². The van der Waals surface area contributed by atoms with Crippen LogP contribution in [0.5, 0.6) is 0 Å². The van der Waals surface area contributed by atoms with Gasteiger partial charge in [0, 0.05) is 11.1 Å². The van der Waals surface area contributed by atoms with Crippen molar-refractivity contribution in [3.05, 3.63) is 28.2 Å². The Morgan fingerprint density at radius 3 is 2.67 bits per heavy atom. The predicted molar refractivity (Wildman–Crippen MR) is 77.7 cm³/mol. The summed E-state index contributed by atoms with van der Waals surface area (Å²) in [6.45, 7) is 0. The molecule has 5 heteroatoms. The minimum atomic E-state index is -1.17. The molecule has 0 aliphatic heterocycles. The van der Waals surface area contributed by atoms with Crippen molar-refractivity contribution in [1.29, 1.82) is 0 Å². The zero-order valence-corrected chi connectivity index (χ0v) is 12.4. The van der Waals surface area contributed by atoms with E-state index in [2.05, 4.69) is 0 Å². The number of halogens is 2. The lowest BCUT2D eigenvalue weighted by Gasteiger charge is -2.21. The van der Waals surface area contributed by atoms with Crippen molar-refractivity contribution in [2.75, 3.05) is 0 Å². The summed E-state index contributed by atoms with van der Waals surface area (Å²) in [5.74, 6) is 0. The van der Waals surface area contributed by atoms with Crippen molar-refractivity contribution in [2.45, 2.75) is 48.3 Å². The van der Waals surface area contributed by atoms with Crippen LogP contribution in [0.3, 0.4) is 0 Å². The van der Waals surface area contributed by atoms with Gasteiger partial charge < -0.3 is 5.73 Å². The first kappa shape index (κ1) is 14.3. The van der Waals surface area contributed by atoms with E-state index < -0.39 is 10.8 Å². The molecule has 0 saturated heterocycles. The van der Waals surface area contributed by atoms with Crippen LogP contribution >= 0.6 is 23.2 Å². The summed E-state index contributed by atoms with van der Waals surface area (Å²) in [5, 5.41) is 1.06. The molecule has 2 N–H and O–H groups in total. The normalized spacial score (nSPS) is 26.6. The Hall–Kier alpha value is -0.0900. The second-order valence-corrected chi connectivity index (χ2v) is 7.20. The van der Waals surface area contributed by atoms with Gasteiger partial charge in [0.15, 0.2) is 0 Å². The highest BCUT2D eigenvalue weighted by molar-refractivity contribution is 7.85. The van der Waals surface area contributed by atoms with Crippen LogP contribution < -0.4 is 5.73 Å². The molecule has 18 heavy (non-hydrogen) atoms. The fourth-order valence-corrected chi connectivity index (χ4v) is 4.61. The molecule has 2 rings (SSSR count). The van der Waals surface area contributed by atoms with Crippen molar-refractivity contribution >= 4 is 34.0 Å². The minimum absolute atomic E-state index is 0.0107. The topological polar surface area (TPSA) is 43.1 Å². The van der Waals surface area contributed by atoms with E-state index in [9.17, 15) is 4.21 Å². The van der Waals surface area contributed by atoms with Crippen LogP contribution in [0.15, 0.2) is 23.1 Å². The van der Waals surface area contributed by atoms with Gasteiger partial charge in [0.1, 0.15) is 0 Å². The molecule has 3 atom stereocenters. The smallest absolute Gasteiger partial charge is 0.0592 e. The van der Waals surface area contributed by atoms with E-state index in [1.54, 1.807) is 18.2 Å². The SMILES string of the molecule is NC1CCCCCC1S(=O)c1cc(Cl)ccc1Cl. The van der Waals surface area contributed by atoms with Crippen LogP contribution in [0.25, 0.3) is 0 Å². The first-order valence-electron chi connectivity index (χ1n) is 6.21. The lowest BCUT2D eigenvalue weighted by Crippen LogP contribution is -2.36. The van der Waals surface area contributed by atoms with Crippen LogP contribution in [0.4, 0.5) is 0 Å². The van der Waals surface area contributed by atoms with E-state index in [1.807, 2.05) is 0 Å². The summed E-state index contributed by atoms with van der Waals surface area (Å²) in [7, 11) is -1.17. The molecule has 0 aromatic heterocycles. The summed E-state index contributed by atoms with van der Waals surface area (Å²) in [4.78, 5) is 0.617. The third kappa shape index (κ3) is 3.27. The van der Waals surface area contributed by atoms with Gasteiger partial charge in [0.25, 0.3) is 0 Å². The number of hydrogen-bond donors (Lipinski definition) is 1. The van der Waals surface area contributed by atoms with E-state index in [-0.39, 0.29) is 11.3 Å². The van der Waals surface area contributed by atoms with Crippen LogP contribution in [-0.4, -0.2) is 15.5 Å².